The molecule has 1 N–H and O–H groups in total. The van der Waals surface area contributed by atoms with Gasteiger partial charge in [0.05, 0.1) is 19.1 Å². The van der Waals surface area contributed by atoms with Gasteiger partial charge in [0.1, 0.15) is 6.10 Å². The first-order chi connectivity index (χ1) is 10.2. The molecule has 0 aromatic carbocycles. The zero-order chi connectivity index (χ0) is 14.7. The van der Waals surface area contributed by atoms with Crippen LogP contribution in [0.1, 0.15) is 37.9 Å². The van der Waals surface area contributed by atoms with E-state index in [9.17, 15) is 4.79 Å². The minimum absolute atomic E-state index is 0.171. The maximum Gasteiger partial charge on any atom is 0.252 e. The monoisotopic (exact) mass is 292 g/mol. The Balaban J connectivity index is 1.57. The van der Waals surface area contributed by atoms with E-state index in [0.717, 1.165) is 24.8 Å². The first kappa shape index (κ1) is 14.4. The van der Waals surface area contributed by atoms with Crippen LogP contribution in [0.15, 0.2) is 24.5 Å². The molecule has 114 valence electrons. The van der Waals surface area contributed by atoms with Crippen LogP contribution in [0.25, 0.3) is 0 Å². The summed E-state index contributed by atoms with van der Waals surface area (Å²) < 4.78 is 11.4. The van der Waals surface area contributed by atoms with E-state index in [-0.39, 0.29) is 17.9 Å². The Morgan fingerprint density at radius 3 is 2.86 bits per heavy atom. The topological polar surface area (TPSA) is 69.7 Å². The number of nitrogens with one attached hydrogen (secondary N) is 1. The zero-order valence-corrected chi connectivity index (χ0v) is 12.1. The SMILES string of the molecule is C[C@H](ONC(=O)C1CCCC12OCCO2)c1ccncc1. The standard InChI is InChI=1S/C15H20N2O4/c1-11(12-4-7-16-8-5-12)21-17-14(18)13-3-2-6-15(13)19-9-10-20-15/h4-5,7-8,11,13H,2-3,6,9-10H2,1H3,(H,17,18)/t11-,13?/m0/s1. The van der Waals surface area contributed by atoms with Crippen molar-refractivity contribution in [2.24, 2.45) is 5.92 Å². The molecule has 1 aromatic heterocycles. The van der Waals surface area contributed by atoms with Crippen molar-refractivity contribution in [2.45, 2.75) is 38.1 Å². The lowest BCUT2D eigenvalue weighted by Gasteiger charge is -2.28. The number of hydrogen-bond donors (Lipinski definition) is 1. The predicted molar refractivity (Wildman–Crippen MR) is 73.9 cm³/mol. The first-order valence-electron chi connectivity index (χ1n) is 7.35. The van der Waals surface area contributed by atoms with Crippen LogP contribution in [-0.4, -0.2) is 29.9 Å². The van der Waals surface area contributed by atoms with Crippen LogP contribution in [0.5, 0.6) is 0 Å². The van der Waals surface area contributed by atoms with E-state index >= 15 is 0 Å². The maximum absolute atomic E-state index is 12.3. The molecule has 1 spiro atoms. The molecule has 0 radical (unpaired) electrons. The van der Waals surface area contributed by atoms with Crippen molar-refractivity contribution in [3.8, 4) is 0 Å². The fourth-order valence-corrected chi connectivity index (χ4v) is 3.01. The van der Waals surface area contributed by atoms with Crippen LogP contribution < -0.4 is 5.48 Å². The Morgan fingerprint density at radius 1 is 1.43 bits per heavy atom. The second-order valence-electron chi connectivity index (χ2n) is 5.46. The Labute approximate surface area is 123 Å². The van der Waals surface area contributed by atoms with Gasteiger partial charge in [0.25, 0.3) is 5.91 Å². The van der Waals surface area contributed by atoms with Crippen LogP contribution in [0.2, 0.25) is 0 Å². The Bertz CT molecular complexity index is 482. The van der Waals surface area contributed by atoms with Crippen molar-refractivity contribution in [3.05, 3.63) is 30.1 Å². The van der Waals surface area contributed by atoms with Gasteiger partial charge in [-0.25, -0.2) is 5.48 Å². The molecule has 6 heteroatoms. The van der Waals surface area contributed by atoms with E-state index in [1.807, 2.05) is 19.1 Å². The highest BCUT2D eigenvalue weighted by atomic mass is 16.7. The van der Waals surface area contributed by atoms with E-state index in [4.69, 9.17) is 14.3 Å². The van der Waals surface area contributed by atoms with Crippen LogP contribution >= 0.6 is 0 Å². The summed E-state index contributed by atoms with van der Waals surface area (Å²) in [5.41, 5.74) is 3.51. The molecule has 1 aliphatic carbocycles. The molecule has 0 bridgehead atoms. The minimum Gasteiger partial charge on any atom is -0.347 e. The molecular weight excluding hydrogens is 272 g/mol. The molecule has 3 rings (SSSR count). The van der Waals surface area contributed by atoms with Crippen molar-refractivity contribution < 1.29 is 19.1 Å². The van der Waals surface area contributed by atoms with Crippen molar-refractivity contribution >= 4 is 5.91 Å². The third-order valence-electron chi connectivity index (χ3n) is 4.15. The largest absolute Gasteiger partial charge is 0.347 e. The highest BCUT2D eigenvalue weighted by Gasteiger charge is 2.51. The van der Waals surface area contributed by atoms with E-state index in [1.54, 1.807) is 12.4 Å². The summed E-state index contributed by atoms with van der Waals surface area (Å²) in [4.78, 5) is 21.8. The first-order valence-corrected chi connectivity index (χ1v) is 7.35. The van der Waals surface area contributed by atoms with Gasteiger partial charge >= 0.3 is 0 Å². The third-order valence-corrected chi connectivity index (χ3v) is 4.15. The van der Waals surface area contributed by atoms with Gasteiger partial charge < -0.3 is 9.47 Å². The van der Waals surface area contributed by atoms with Gasteiger partial charge in [-0.05, 0) is 37.5 Å². The highest BCUT2D eigenvalue weighted by Crippen LogP contribution is 2.42. The van der Waals surface area contributed by atoms with Crippen LogP contribution in [-0.2, 0) is 19.1 Å². The Morgan fingerprint density at radius 2 is 2.14 bits per heavy atom. The maximum atomic E-state index is 12.3. The Hall–Kier alpha value is -1.50. The molecule has 1 unspecified atom stereocenters. The summed E-state index contributed by atoms with van der Waals surface area (Å²) in [7, 11) is 0. The summed E-state index contributed by atoms with van der Waals surface area (Å²) in [6, 6.07) is 3.72. The average Bonchev–Trinajstić information content (AvgIpc) is 3.16. The lowest BCUT2D eigenvalue weighted by molar-refractivity contribution is -0.193. The molecule has 1 aromatic rings. The predicted octanol–water partition coefficient (Wildman–Crippen LogP) is 1.73. The Kier molecular flexibility index (Phi) is 4.19. The van der Waals surface area contributed by atoms with Crippen molar-refractivity contribution in [1.82, 2.24) is 10.5 Å². The molecule has 2 atom stereocenters. The fourth-order valence-electron chi connectivity index (χ4n) is 3.01. The summed E-state index contributed by atoms with van der Waals surface area (Å²) in [5, 5.41) is 0. The quantitative estimate of drug-likeness (QED) is 0.856. The summed E-state index contributed by atoms with van der Waals surface area (Å²) >= 11 is 0. The lowest BCUT2D eigenvalue weighted by atomic mass is 10.0. The van der Waals surface area contributed by atoms with E-state index in [2.05, 4.69) is 10.5 Å². The number of hydrogen-bond acceptors (Lipinski definition) is 5. The third kappa shape index (κ3) is 2.92. The van der Waals surface area contributed by atoms with Gasteiger partial charge in [0, 0.05) is 18.8 Å². The van der Waals surface area contributed by atoms with E-state index in [1.165, 1.54) is 0 Å². The molecule has 6 nitrogen and oxygen atoms in total. The van der Waals surface area contributed by atoms with Gasteiger partial charge in [0.2, 0.25) is 0 Å². The molecule has 1 saturated heterocycles. The van der Waals surface area contributed by atoms with Gasteiger partial charge in [0.15, 0.2) is 5.79 Å². The number of ether oxygens (including phenoxy) is 2. The van der Waals surface area contributed by atoms with Crippen molar-refractivity contribution in [1.29, 1.82) is 0 Å². The normalized spacial score (nSPS) is 25.1. The summed E-state index contributed by atoms with van der Waals surface area (Å²) in [6.07, 6.45) is 5.62. The number of carbonyl (C=O) groups excluding carboxylic acids is 1. The number of rotatable bonds is 4. The van der Waals surface area contributed by atoms with Crippen LogP contribution in [0, 0.1) is 5.92 Å². The van der Waals surface area contributed by atoms with Gasteiger partial charge in [-0.15, -0.1) is 0 Å². The second-order valence-corrected chi connectivity index (χ2v) is 5.46. The summed E-state index contributed by atoms with van der Waals surface area (Å²) in [6.45, 7) is 2.98. The number of pyridine rings is 1. The van der Waals surface area contributed by atoms with Gasteiger partial charge in [-0.2, -0.15) is 0 Å². The molecule has 2 fully saturated rings. The number of aromatic nitrogens is 1. The van der Waals surface area contributed by atoms with Crippen molar-refractivity contribution in [2.75, 3.05) is 13.2 Å². The zero-order valence-electron chi connectivity index (χ0n) is 12.1. The van der Waals surface area contributed by atoms with Gasteiger partial charge in [-0.3, -0.25) is 14.6 Å². The average molecular weight is 292 g/mol. The lowest BCUT2D eigenvalue weighted by Crippen LogP contribution is -2.44. The molecule has 2 heterocycles. The molecule has 21 heavy (non-hydrogen) atoms. The molecule has 1 amide bonds. The molecule has 1 saturated carbocycles. The van der Waals surface area contributed by atoms with E-state index in [0.29, 0.717) is 13.2 Å². The number of amides is 1. The van der Waals surface area contributed by atoms with E-state index < -0.39 is 5.79 Å². The minimum atomic E-state index is -0.729. The molecular formula is C15H20N2O4. The number of carbonyl (C=O) groups is 1. The van der Waals surface area contributed by atoms with Crippen molar-refractivity contribution in [3.63, 3.8) is 0 Å². The smallest absolute Gasteiger partial charge is 0.252 e. The van der Waals surface area contributed by atoms with Crippen LogP contribution in [0.3, 0.4) is 0 Å². The fraction of sp³-hybridized carbons (Fsp3) is 0.600. The van der Waals surface area contributed by atoms with Gasteiger partial charge in [-0.1, -0.05) is 0 Å². The highest BCUT2D eigenvalue weighted by molar-refractivity contribution is 5.79. The number of nitrogens with zero attached hydrogens (tertiary/aromatic N) is 1. The molecule has 2 aliphatic rings. The van der Waals surface area contributed by atoms with Crippen LogP contribution in [0.4, 0.5) is 0 Å². The second kappa shape index (κ2) is 6.09. The number of hydroxylamine groups is 1. The molecule has 1 aliphatic heterocycles. The summed E-state index contributed by atoms with van der Waals surface area (Å²) in [5.74, 6) is -1.20.